The molecule has 2 atom stereocenters. The van der Waals surface area contributed by atoms with Gasteiger partial charge in [0.15, 0.2) is 0 Å². The molecule has 1 fully saturated rings. The van der Waals surface area contributed by atoms with Gasteiger partial charge in [0.2, 0.25) is 11.8 Å². The van der Waals surface area contributed by atoms with Crippen LogP contribution < -0.4 is 16.0 Å². The monoisotopic (exact) mass is 422 g/mol. The number of nitrogens with one attached hydrogen (secondary N) is 3. The number of imide groups is 1. The maximum atomic E-state index is 12.9. The lowest BCUT2D eigenvalue weighted by atomic mass is 9.92. The molecule has 1 aliphatic rings. The van der Waals surface area contributed by atoms with Crippen molar-refractivity contribution >= 4 is 29.4 Å². The van der Waals surface area contributed by atoms with Crippen LogP contribution >= 0.6 is 0 Å². The quantitative estimate of drug-likeness (QED) is 0.596. The third-order valence-corrected chi connectivity index (χ3v) is 5.32. The Kier molecular flexibility index (Phi) is 6.39. The van der Waals surface area contributed by atoms with Gasteiger partial charge >= 0.3 is 6.03 Å². The summed E-state index contributed by atoms with van der Waals surface area (Å²) in [4.78, 5) is 50.2. The topological polar surface area (TPSA) is 108 Å². The maximum Gasteiger partial charge on any atom is 0.325 e. The van der Waals surface area contributed by atoms with Gasteiger partial charge < -0.3 is 16.0 Å². The number of nitrogens with zero attached hydrogens (tertiary/aromatic N) is 1. The zero-order chi connectivity index (χ0) is 22.6. The molecular weight excluding hydrogens is 396 g/mol. The van der Waals surface area contributed by atoms with Crippen LogP contribution in [0.15, 0.2) is 54.6 Å². The average Bonchev–Trinajstić information content (AvgIpc) is 2.98. The standard InChI is InChI=1S/C23H26N4O4/c1-4-19(28)25-18-12-10-16(11-13-18)15(2)24-20(29)14-27-21(30)23(3,26-22(27)31)17-8-6-5-7-9-17/h5-13,15H,4,14H2,1-3H3,(H,24,29)(H,25,28)(H,26,31). The number of hydrogen-bond acceptors (Lipinski definition) is 4. The lowest BCUT2D eigenvalue weighted by molar-refractivity contribution is -0.135. The summed E-state index contributed by atoms with van der Waals surface area (Å²) in [6.45, 7) is 4.83. The molecule has 31 heavy (non-hydrogen) atoms. The van der Waals surface area contributed by atoms with E-state index in [9.17, 15) is 19.2 Å². The zero-order valence-electron chi connectivity index (χ0n) is 17.8. The van der Waals surface area contributed by atoms with Crippen LogP contribution in [0.2, 0.25) is 0 Å². The van der Waals surface area contributed by atoms with Gasteiger partial charge in [-0.15, -0.1) is 0 Å². The molecule has 162 valence electrons. The van der Waals surface area contributed by atoms with Crippen molar-refractivity contribution in [3.05, 3.63) is 65.7 Å². The molecule has 0 aromatic heterocycles. The van der Waals surface area contributed by atoms with E-state index >= 15 is 0 Å². The highest BCUT2D eigenvalue weighted by molar-refractivity contribution is 6.09. The predicted molar refractivity (Wildman–Crippen MR) is 116 cm³/mol. The fourth-order valence-electron chi connectivity index (χ4n) is 3.43. The molecule has 0 spiro atoms. The van der Waals surface area contributed by atoms with E-state index in [1.807, 2.05) is 6.07 Å². The van der Waals surface area contributed by atoms with Crippen LogP contribution in [0.3, 0.4) is 0 Å². The van der Waals surface area contributed by atoms with Crippen LogP contribution in [0.1, 0.15) is 44.4 Å². The second-order valence-corrected chi connectivity index (χ2v) is 7.63. The Balaban J connectivity index is 1.62. The van der Waals surface area contributed by atoms with Crippen molar-refractivity contribution in [3.8, 4) is 0 Å². The first-order chi connectivity index (χ1) is 14.7. The van der Waals surface area contributed by atoms with Crippen LogP contribution in [0.5, 0.6) is 0 Å². The lowest BCUT2D eigenvalue weighted by Gasteiger charge is -2.22. The molecule has 2 aromatic carbocycles. The molecular formula is C23H26N4O4. The lowest BCUT2D eigenvalue weighted by Crippen LogP contribution is -2.43. The van der Waals surface area contributed by atoms with Crippen molar-refractivity contribution in [2.75, 3.05) is 11.9 Å². The van der Waals surface area contributed by atoms with Crippen LogP contribution in [-0.4, -0.2) is 35.2 Å². The molecule has 0 aliphatic carbocycles. The molecule has 0 bridgehead atoms. The van der Waals surface area contributed by atoms with Crippen molar-refractivity contribution in [2.24, 2.45) is 0 Å². The number of anilines is 1. The van der Waals surface area contributed by atoms with Gasteiger partial charge in [-0.05, 0) is 37.1 Å². The number of hydrogen-bond donors (Lipinski definition) is 3. The molecule has 2 unspecified atom stereocenters. The van der Waals surface area contributed by atoms with Gasteiger partial charge in [0.25, 0.3) is 5.91 Å². The summed E-state index contributed by atoms with van der Waals surface area (Å²) in [6, 6.07) is 15.1. The first-order valence-electron chi connectivity index (χ1n) is 10.1. The molecule has 1 saturated heterocycles. The predicted octanol–water partition coefficient (Wildman–Crippen LogP) is 2.68. The van der Waals surface area contributed by atoms with Crippen LogP contribution in [0, 0.1) is 0 Å². The smallest absolute Gasteiger partial charge is 0.325 e. The number of carbonyl (C=O) groups excluding carboxylic acids is 4. The van der Waals surface area contributed by atoms with Crippen LogP contribution in [0.25, 0.3) is 0 Å². The van der Waals surface area contributed by atoms with Crippen molar-refractivity contribution in [2.45, 2.75) is 38.8 Å². The summed E-state index contributed by atoms with van der Waals surface area (Å²) in [5.41, 5.74) is 0.950. The summed E-state index contributed by atoms with van der Waals surface area (Å²) in [7, 11) is 0. The van der Waals surface area contributed by atoms with Gasteiger partial charge in [-0.2, -0.15) is 0 Å². The average molecular weight is 422 g/mol. The summed E-state index contributed by atoms with van der Waals surface area (Å²) in [5, 5.41) is 8.25. The Bertz CT molecular complexity index is 990. The number of rotatable bonds is 7. The van der Waals surface area contributed by atoms with E-state index in [2.05, 4.69) is 16.0 Å². The Hall–Kier alpha value is -3.68. The third kappa shape index (κ3) is 4.74. The van der Waals surface area contributed by atoms with Crippen molar-refractivity contribution < 1.29 is 19.2 Å². The Morgan fingerprint density at radius 3 is 2.29 bits per heavy atom. The molecule has 8 heteroatoms. The second-order valence-electron chi connectivity index (χ2n) is 7.63. The Morgan fingerprint density at radius 1 is 1.03 bits per heavy atom. The molecule has 8 nitrogen and oxygen atoms in total. The maximum absolute atomic E-state index is 12.9. The summed E-state index contributed by atoms with van der Waals surface area (Å²) >= 11 is 0. The highest BCUT2D eigenvalue weighted by Crippen LogP contribution is 2.28. The molecule has 2 aromatic rings. The first kappa shape index (κ1) is 22.0. The van der Waals surface area contributed by atoms with E-state index < -0.39 is 23.4 Å². The van der Waals surface area contributed by atoms with E-state index in [1.54, 1.807) is 69.3 Å². The minimum atomic E-state index is -1.21. The number of benzene rings is 2. The van der Waals surface area contributed by atoms with Gasteiger partial charge in [0.1, 0.15) is 12.1 Å². The molecule has 0 radical (unpaired) electrons. The minimum absolute atomic E-state index is 0.0786. The fraction of sp³-hybridized carbons (Fsp3) is 0.304. The number of amides is 5. The van der Waals surface area contributed by atoms with Crippen LogP contribution in [0.4, 0.5) is 10.5 Å². The molecule has 3 rings (SSSR count). The highest BCUT2D eigenvalue weighted by atomic mass is 16.2. The van der Waals surface area contributed by atoms with Gasteiger partial charge in [-0.3, -0.25) is 19.3 Å². The summed E-state index contributed by atoms with van der Waals surface area (Å²) in [5.74, 6) is -0.996. The van der Waals surface area contributed by atoms with E-state index in [0.29, 0.717) is 17.7 Å². The van der Waals surface area contributed by atoms with E-state index in [4.69, 9.17) is 0 Å². The van der Waals surface area contributed by atoms with Gasteiger partial charge in [-0.1, -0.05) is 49.4 Å². The van der Waals surface area contributed by atoms with Gasteiger partial charge in [0.05, 0.1) is 6.04 Å². The van der Waals surface area contributed by atoms with Crippen molar-refractivity contribution in [1.82, 2.24) is 15.5 Å². The minimum Gasteiger partial charge on any atom is -0.348 e. The van der Waals surface area contributed by atoms with Gasteiger partial charge in [0, 0.05) is 12.1 Å². The Morgan fingerprint density at radius 2 is 1.68 bits per heavy atom. The van der Waals surface area contributed by atoms with E-state index in [-0.39, 0.29) is 18.5 Å². The normalized spacial score (nSPS) is 19.0. The third-order valence-electron chi connectivity index (χ3n) is 5.32. The fourth-order valence-corrected chi connectivity index (χ4v) is 3.43. The summed E-state index contributed by atoms with van der Waals surface area (Å²) in [6.07, 6.45) is 0.389. The van der Waals surface area contributed by atoms with Crippen LogP contribution in [-0.2, 0) is 19.9 Å². The first-order valence-corrected chi connectivity index (χ1v) is 10.1. The molecule has 1 aliphatic heterocycles. The SMILES string of the molecule is CCC(=O)Nc1ccc(C(C)NC(=O)CN2C(=O)NC(C)(c3ccccc3)C2=O)cc1. The number of urea groups is 1. The molecule has 0 saturated carbocycles. The largest absolute Gasteiger partial charge is 0.348 e. The Labute approximate surface area is 181 Å². The van der Waals surface area contributed by atoms with Crippen molar-refractivity contribution in [3.63, 3.8) is 0 Å². The van der Waals surface area contributed by atoms with Crippen molar-refractivity contribution in [1.29, 1.82) is 0 Å². The second kappa shape index (κ2) is 8.99. The molecule has 1 heterocycles. The zero-order valence-corrected chi connectivity index (χ0v) is 17.8. The van der Waals surface area contributed by atoms with E-state index in [1.165, 1.54) is 0 Å². The summed E-state index contributed by atoms with van der Waals surface area (Å²) < 4.78 is 0. The van der Waals surface area contributed by atoms with E-state index in [0.717, 1.165) is 10.5 Å². The highest BCUT2D eigenvalue weighted by Gasteiger charge is 2.49. The molecule has 3 N–H and O–H groups in total. The molecule has 5 amide bonds. The number of carbonyl (C=O) groups is 4. The van der Waals surface area contributed by atoms with Gasteiger partial charge in [-0.25, -0.2) is 4.79 Å².